The molecule has 0 aliphatic carbocycles. The summed E-state index contributed by atoms with van der Waals surface area (Å²) in [4.78, 5) is 13.1. The van der Waals surface area contributed by atoms with Crippen molar-refractivity contribution in [3.05, 3.63) is 11.1 Å². The average molecular weight is 365 g/mol. The normalized spacial score (nSPS) is 16.2. The molecule has 5 heteroatoms. The summed E-state index contributed by atoms with van der Waals surface area (Å²) in [7, 11) is -0.429. The molecule has 0 amide bonds. The lowest BCUT2D eigenvalue weighted by Crippen LogP contribution is -2.47. The van der Waals surface area contributed by atoms with Crippen molar-refractivity contribution in [2.24, 2.45) is 0 Å². The van der Waals surface area contributed by atoms with Crippen LogP contribution >= 0.6 is 15.9 Å². The highest BCUT2D eigenvalue weighted by Crippen LogP contribution is 2.40. The Kier molecular flexibility index (Phi) is 7.70. The molecule has 0 aliphatic rings. The van der Waals surface area contributed by atoms with Gasteiger partial charge in [-0.3, -0.25) is 4.79 Å². The summed E-state index contributed by atoms with van der Waals surface area (Å²) in [5.74, 6) is -0.164. The molecule has 1 unspecified atom stereocenters. The molecule has 0 radical (unpaired) electrons. The van der Waals surface area contributed by atoms with Gasteiger partial charge in [0.2, 0.25) is 0 Å². The van der Waals surface area contributed by atoms with Gasteiger partial charge in [0.25, 0.3) is 0 Å². The highest BCUT2D eigenvalue weighted by Gasteiger charge is 2.41. The smallest absolute Gasteiger partial charge is 0.305 e. The van der Waals surface area contributed by atoms with Crippen LogP contribution in [0.2, 0.25) is 18.1 Å². The summed E-state index contributed by atoms with van der Waals surface area (Å²) in [6.45, 7) is 13.3. The zero-order valence-corrected chi connectivity index (χ0v) is 16.5. The van der Waals surface area contributed by atoms with Crippen molar-refractivity contribution in [1.82, 2.24) is 0 Å². The molecule has 0 aromatic heterocycles. The predicted octanol–water partition coefficient (Wildman–Crippen LogP) is 5.02. The van der Waals surface area contributed by atoms with E-state index in [0.717, 1.165) is 12.8 Å². The lowest BCUT2D eigenvalue weighted by Gasteiger charge is -2.43. The first-order chi connectivity index (χ1) is 8.97. The van der Waals surface area contributed by atoms with E-state index in [1.165, 1.54) is 7.11 Å². The van der Waals surface area contributed by atoms with Crippen LogP contribution in [0.25, 0.3) is 0 Å². The van der Waals surface area contributed by atoms with Crippen molar-refractivity contribution in [3.63, 3.8) is 0 Å². The summed E-state index contributed by atoms with van der Waals surface area (Å²) in [5, 5.41) is 0.163. The maximum Gasteiger partial charge on any atom is 0.305 e. The molecule has 0 bridgehead atoms. The number of carbonyl (C=O) groups is 1. The van der Waals surface area contributed by atoms with Crippen LogP contribution in [0.5, 0.6) is 0 Å². The average Bonchev–Trinajstić information content (AvgIpc) is 2.26. The van der Waals surface area contributed by atoms with Gasteiger partial charge >= 0.3 is 5.97 Å². The fraction of sp³-hybridized carbons (Fsp3) is 0.800. The van der Waals surface area contributed by atoms with Gasteiger partial charge in [-0.1, -0.05) is 36.7 Å². The van der Waals surface area contributed by atoms with Gasteiger partial charge in [0.15, 0.2) is 8.32 Å². The van der Waals surface area contributed by atoms with Gasteiger partial charge in [0.1, 0.15) is 0 Å². The molecular formula is C15H29BrO3Si. The van der Waals surface area contributed by atoms with E-state index < -0.39 is 8.32 Å². The summed E-state index contributed by atoms with van der Waals surface area (Å²) >= 11 is 3.34. The standard InChI is InChI=1S/C15H29BrO3Si/c1-14(2,3)20(6,7)19-15(4,11-12-16)10-8-9-13(17)18-5/h11-12H,8-10H2,1-7H3/b12-11+. The fourth-order valence-electron chi connectivity index (χ4n) is 1.72. The number of hydrogen-bond acceptors (Lipinski definition) is 3. The first-order valence-corrected chi connectivity index (χ1v) is 10.8. The Hall–Kier alpha value is -0.133. The van der Waals surface area contributed by atoms with E-state index in [0.29, 0.717) is 6.42 Å². The maximum absolute atomic E-state index is 11.2. The van der Waals surface area contributed by atoms with E-state index in [-0.39, 0.29) is 16.6 Å². The topological polar surface area (TPSA) is 35.5 Å². The predicted molar refractivity (Wildman–Crippen MR) is 90.6 cm³/mol. The molecule has 0 saturated heterocycles. The van der Waals surface area contributed by atoms with E-state index in [1.807, 2.05) is 11.1 Å². The molecular weight excluding hydrogens is 336 g/mol. The van der Waals surface area contributed by atoms with Crippen molar-refractivity contribution in [2.75, 3.05) is 7.11 Å². The Bertz CT molecular complexity index is 348. The molecule has 20 heavy (non-hydrogen) atoms. The van der Waals surface area contributed by atoms with Crippen molar-refractivity contribution < 1.29 is 14.0 Å². The van der Waals surface area contributed by atoms with E-state index in [9.17, 15) is 4.79 Å². The van der Waals surface area contributed by atoms with Crippen molar-refractivity contribution in [2.45, 2.75) is 70.7 Å². The first-order valence-electron chi connectivity index (χ1n) is 7.02. The van der Waals surface area contributed by atoms with Crippen molar-refractivity contribution in [3.8, 4) is 0 Å². The summed E-state index contributed by atoms with van der Waals surface area (Å²) in [5.41, 5.74) is -0.347. The monoisotopic (exact) mass is 364 g/mol. The van der Waals surface area contributed by atoms with E-state index in [4.69, 9.17) is 4.43 Å². The quantitative estimate of drug-likeness (QED) is 0.469. The Balaban J connectivity index is 4.81. The van der Waals surface area contributed by atoms with Crippen LogP contribution < -0.4 is 0 Å². The minimum Gasteiger partial charge on any atom is -0.469 e. The van der Waals surface area contributed by atoms with Crippen LogP contribution in [-0.4, -0.2) is 27.0 Å². The van der Waals surface area contributed by atoms with Gasteiger partial charge in [-0.15, -0.1) is 0 Å². The molecule has 3 nitrogen and oxygen atoms in total. The summed E-state index contributed by atoms with van der Waals surface area (Å²) in [6, 6.07) is 0. The molecule has 0 spiro atoms. The molecule has 0 saturated carbocycles. The minimum atomic E-state index is -1.85. The van der Waals surface area contributed by atoms with Gasteiger partial charge in [-0.2, -0.15) is 0 Å². The largest absolute Gasteiger partial charge is 0.469 e. The van der Waals surface area contributed by atoms with Crippen LogP contribution in [0, 0.1) is 0 Å². The lowest BCUT2D eigenvalue weighted by atomic mass is 9.99. The third-order valence-corrected chi connectivity index (χ3v) is 8.85. The molecule has 0 heterocycles. The minimum absolute atomic E-state index is 0.163. The second-order valence-electron chi connectivity index (χ2n) is 6.90. The summed E-state index contributed by atoms with van der Waals surface area (Å²) < 4.78 is 11.2. The SMILES string of the molecule is COC(=O)CCCC(C)(/C=C/Br)O[Si](C)(C)C(C)(C)C. The van der Waals surface area contributed by atoms with Crippen LogP contribution in [0.15, 0.2) is 11.1 Å². The molecule has 0 aromatic rings. The Morgan fingerprint density at radius 3 is 2.20 bits per heavy atom. The summed E-state index contributed by atoms with van der Waals surface area (Å²) in [6.07, 6.45) is 4.03. The van der Waals surface area contributed by atoms with Crippen molar-refractivity contribution in [1.29, 1.82) is 0 Å². The number of carbonyl (C=O) groups excluding carboxylic acids is 1. The number of hydrogen-bond donors (Lipinski definition) is 0. The molecule has 1 atom stereocenters. The van der Waals surface area contributed by atoms with Gasteiger partial charge in [0.05, 0.1) is 12.7 Å². The van der Waals surface area contributed by atoms with Crippen LogP contribution in [0.4, 0.5) is 0 Å². The number of methoxy groups -OCH3 is 1. The highest BCUT2D eigenvalue weighted by atomic mass is 79.9. The van der Waals surface area contributed by atoms with E-state index >= 15 is 0 Å². The van der Waals surface area contributed by atoms with E-state index in [2.05, 4.69) is 61.5 Å². The molecule has 0 fully saturated rings. The lowest BCUT2D eigenvalue weighted by molar-refractivity contribution is -0.140. The number of esters is 1. The number of halogens is 1. The zero-order chi connectivity index (χ0) is 16.0. The second-order valence-corrected chi connectivity index (χ2v) is 12.2. The molecule has 0 aliphatic heterocycles. The second kappa shape index (κ2) is 7.76. The first kappa shape index (κ1) is 19.9. The fourth-order valence-corrected chi connectivity index (χ4v) is 3.92. The Morgan fingerprint density at radius 1 is 1.25 bits per heavy atom. The highest BCUT2D eigenvalue weighted by molar-refractivity contribution is 9.11. The molecule has 0 rings (SSSR count). The van der Waals surface area contributed by atoms with Crippen LogP contribution in [0.1, 0.15) is 47.0 Å². The van der Waals surface area contributed by atoms with Crippen LogP contribution in [0.3, 0.4) is 0 Å². The Labute approximate surface area is 133 Å². The zero-order valence-electron chi connectivity index (χ0n) is 13.9. The van der Waals surface area contributed by atoms with Crippen molar-refractivity contribution >= 4 is 30.2 Å². The number of ether oxygens (including phenoxy) is 1. The third kappa shape index (κ3) is 6.55. The van der Waals surface area contributed by atoms with Crippen LogP contribution in [-0.2, 0) is 14.0 Å². The maximum atomic E-state index is 11.2. The van der Waals surface area contributed by atoms with Gasteiger partial charge < -0.3 is 9.16 Å². The molecule has 0 N–H and O–H groups in total. The van der Waals surface area contributed by atoms with E-state index in [1.54, 1.807) is 0 Å². The van der Waals surface area contributed by atoms with Gasteiger partial charge in [-0.05, 0) is 49.0 Å². The third-order valence-electron chi connectivity index (χ3n) is 3.99. The van der Waals surface area contributed by atoms with Gasteiger partial charge in [-0.25, -0.2) is 0 Å². The Morgan fingerprint density at radius 2 is 1.80 bits per heavy atom. The molecule has 118 valence electrons. The molecule has 0 aromatic carbocycles. The van der Waals surface area contributed by atoms with Gasteiger partial charge in [0, 0.05) is 6.42 Å². The number of rotatable bonds is 7.